The van der Waals surface area contributed by atoms with Gasteiger partial charge in [-0.3, -0.25) is 0 Å². The molecule has 3 rings (SSSR count). The predicted octanol–water partition coefficient (Wildman–Crippen LogP) is 3.87. The molecule has 0 spiro atoms. The molecular formula is C18H19N3O2S. The van der Waals surface area contributed by atoms with Crippen LogP contribution >= 0.6 is 11.3 Å². The molecule has 2 aromatic carbocycles. The van der Waals surface area contributed by atoms with Crippen molar-refractivity contribution in [2.45, 2.75) is 19.5 Å². The molecule has 1 heterocycles. The van der Waals surface area contributed by atoms with Crippen LogP contribution in [0, 0.1) is 0 Å². The highest BCUT2D eigenvalue weighted by Gasteiger charge is 2.13. The van der Waals surface area contributed by atoms with E-state index >= 15 is 0 Å². The summed E-state index contributed by atoms with van der Waals surface area (Å²) in [7, 11) is 1.62. The summed E-state index contributed by atoms with van der Waals surface area (Å²) in [5.74, 6) is 0.761. The van der Waals surface area contributed by atoms with Crippen LogP contribution in [0.15, 0.2) is 48.5 Å². The van der Waals surface area contributed by atoms with Gasteiger partial charge in [0.2, 0.25) is 0 Å². The van der Waals surface area contributed by atoms with Crippen LogP contribution in [0.2, 0.25) is 0 Å². The summed E-state index contributed by atoms with van der Waals surface area (Å²) in [4.78, 5) is 16.6. The average Bonchev–Trinajstić information content (AvgIpc) is 3.03. The normalized spacial score (nSPS) is 11.9. The van der Waals surface area contributed by atoms with Crippen LogP contribution in [0.4, 0.5) is 4.79 Å². The van der Waals surface area contributed by atoms with Crippen LogP contribution < -0.4 is 15.4 Å². The Hall–Kier alpha value is -2.60. The first-order chi connectivity index (χ1) is 11.7. The monoisotopic (exact) mass is 341 g/mol. The van der Waals surface area contributed by atoms with Gasteiger partial charge in [-0.2, -0.15) is 0 Å². The molecule has 1 unspecified atom stereocenters. The standard InChI is InChI=1S/C18H19N3O2S/c1-12(13-7-3-5-9-15(13)23-2)20-18(22)19-11-17-21-14-8-4-6-10-16(14)24-17/h3-10,12H,11H2,1-2H3,(H2,19,20,22). The fourth-order valence-electron chi connectivity index (χ4n) is 2.50. The molecule has 3 aromatic rings. The minimum atomic E-state index is -0.229. The summed E-state index contributed by atoms with van der Waals surface area (Å²) in [5, 5.41) is 6.66. The van der Waals surface area contributed by atoms with Crippen LogP contribution in [-0.4, -0.2) is 18.1 Å². The molecule has 0 aliphatic heterocycles. The lowest BCUT2D eigenvalue weighted by molar-refractivity contribution is 0.237. The summed E-state index contributed by atoms with van der Waals surface area (Å²) in [6.45, 7) is 2.33. The number of carbonyl (C=O) groups excluding carboxylic acids is 1. The molecule has 124 valence electrons. The van der Waals surface area contributed by atoms with Crippen molar-refractivity contribution in [3.05, 3.63) is 59.1 Å². The quantitative estimate of drug-likeness (QED) is 0.740. The lowest BCUT2D eigenvalue weighted by atomic mass is 10.1. The first-order valence-electron chi connectivity index (χ1n) is 7.69. The van der Waals surface area contributed by atoms with Crippen molar-refractivity contribution in [1.82, 2.24) is 15.6 Å². The van der Waals surface area contributed by atoms with Crippen LogP contribution in [-0.2, 0) is 6.54 Å². The number of methoxy groups -OCH3 is 1. The third-order valence-corrected chi connectivity index (χ3v) is 4.73. The van der Waals surface area contributed by atoms with Gasteiger partial charge in [0.15, 0.2) is 0 Å². The number of thiazole rings is 1. The van der Waals surface area contributed by atoms with Crippen molar-refractivity contribution in [3.8, 4) is 5.75 Å². The molecule has 6 heteroatoms. The molecule has 5 nitrogen and oxygen atoms in total. The SMILES string of the molecule is COc1ccccc1C(C)NC(=O)NCc1nc2ccccc2s1. The van der Waals surface area contributed by atoms with Gasteiger partial charge in [-0.25, -0.2) is 9.78 Å². The Bertz CT molecular complexity index is 814. The Morgan fingerprint density at radius 3 is 2.75 bits per heavy atom. The Balaban J connectivity index is 1.59. The second kappa shape index (κ2) is 7.31. The molecule has 1 aromatic heterocycles. The van der Waals surface area contributed by atoms with Crippen LogP contribution in [0.3, 0.4) is 0 Å². The largest absolute Gasteiger partial charge is 0.496 e. The van der Waals surface area contributed by atoms with E-state index in [0.717, 1.165) is 26.5 Å². The van der Waals surface area contributed by atoms with Gasteiger partial charge in [0.1, 0.15) is 10.8 Å². The highest BCUT2D eigenvalue weighted by atomic mass is 32.1. The average molecular weight is 341 g/mol. The zero-order valence-electron chi connectivity index (χ0n) is 13.6. The van der Waals surface area contributed by atoms with Crippen molar-refractivity contribution < 1.29 is 9.53 Å². The van der Waals surface area contributed by atoms with E-state index in [1.54, 1.807) is 18.4 Å². The third-order valence-electron chi connectivity index (χ3n) is 3.69. The highest BCUT2D eigenvalue weighted by Crippen LogP contribution is 2.24. The van der Waals surface area contributed by atoms with E-state index in [9.17, 15) is 4.79 Å². The summed E-state index contributed by atoms with van der Waals surface area (Å²) < 4.78 is 6.45. The smallest absolute Gasteiger partial charge is 0.315 e. The van der Waals surface area contributed by atoms with Crippen molar-refractivity contribution >= 4 is 27.6 Å². The first kappa shape index (κ1) is 16.3. The molecule has 0 aliphatic carbocycles. The topological polar surface area (TPSA) is 63.2 Å². The van der Waals surface area contributed by atoms with Crippen molar-refractivity contribution in [2.24, 2.45) is 0 Å². The van der Waals surface area contributed by atoms with Gasteiger partial charge in [0.05, 0.1) is 29.9 Å². The Labute approximate surface area is 144 Å². The molecule has 2 N–H and O–H groups in total. The van der Waals surface area contributed by atoms with Gasteiger partial charge < -0.3 is 15.4 Å². The number of nitrogens with zero attached hydrogens (tertiary/aromatic N) is 1. The van der Waals surface area contributed by atoms with E-state index in [1.807, 2.05) is 55.5 Å². The number of fused-ring (bicyclic) bond motifs is 1. The third kappa shape index (κ3) is 3.65. The summed E-state index contributed by atoms with van der Waals surface area (Å²) in [6, 6.07) is 15.2. The molecule has 24 heavy (non-hydrogen) atoms. The highest BCUT2D eigenvalue weighted by molar-refractivity contribution is 7.18. The maximum absolute atomic E-state index is 12.1. The summed E-state index contributed by atoms with van der Waals surface area (Å²) in [6.07, 6.45) is 0. The summed E-state index contributed by atoms with van der Waals surface area (Å²) >= 11 is 1.59. The van der Waals surface area contributed by atoms with E-state index in [-0.39, 0.29) is 12.1 Å². The number of benzene rings is 2. The van der Waals surface area contributed by atoms with Gasteiger partial charge in [-0.05, 0) is 25.1 Å². The molecule has 0 saturated heterocycles. The van der Waals surface area contributed by atoms with E-state index in [2.05, 4.69) is 15.6 Å². The minimum Gasteiger partial charge on any atom is -0.496 e. The number of rotatable bonds is 5. The number of ether oxygens (including phenoxy) is 1. The van der Waals surface area contributed by atoms with E-state index in [1.165, 1.54) is 0 Å². The van der Waals surface area contributed by atoms with Gasteiger partial charge >= 0.3 is 6.03 Å². The molecule has 1 atom stereocenters. The second-order valence-electron chi connectivity index (χ2n) is 5.37. The van der Waals surface area contributed by atoms with E-state index in [0.29, 0.717) is 6.54 Å². The molecule has 2 amide bonds. The van der Waals surface area contributed by atoms with Gasteiger partial charge in [-0.15, -0.1) is 11.3 Å². The van der Waals surface area contributed by atoms with E-state index in [4.69, 9.17) is 4.74 Å². The second-order valence-corrected chi connectivity index (χ2v) is 6.48. The molecule has 0 radical (unpaired) electrons. The van der Waals surface area contributed by atoms with Crippen molar-refractivity contribution in [1.29, 1.82) is 0 Å². The molecule has 0 saturated carbocycles. The molecule has 0 aliphatic rings. The van der Waals surface area contributed by atoms with Crippen molar-refractivity contribution in [3.63, 3.8) is 0 Å². The number of nitrogens with one attached hydrogen (secondary N) is 2. The zero-order chi connectivity index (χ0) is 16.9. The Morgan fingerprint density at radius 2 is 1.96 bits per heavy atom. The number of amides is 2. The molecular weight excluding hydrogens is 322 g/mol. The maximum atomic E-state index is 12.1. The lowest BCUT2D eigenvalue weighted by Crippen LogP contribution is -2.36. The number of aromatic nitrogens is 1. The predicted molar refractivity (Wildman–Crippen MR) is 96.4 cm³/mol. The molecule has 0 fully saturated rings. The Morgan fingerprint density at radius 1 is 1.21 bits per heavy atom. The fourth-order valence-corrected chi connectivity index (χ4v) is 3.41. The first-order valence-corrected chi connectivity index (χ1v) is 8.50. The fraction of sp³-hybridized carbons (Fsp3) is 0.222. The van der Waals surface area contributed by atoms with E-state index < -0.39 is 0 Å². The maximum Gasteiger partial charge on any atom is 0.315 e. The number of hydrogen-bond donors (Lipinski definition) is 2. The van der Waals surface area contributed by atoms with Crippen LogP contribution in [0.25, 0.3) is 10.2 Å². The number of para-hydroxylation sites is 2. The summed E-state index contributed by atoms with van der Waals surface area (Å²) in [5.41, 5.74) is 1.90. The minimum absolute atomic E-state index is 0.156. The number of hydrogen-bond acceptors (Lipinski definition) is 4. The van der Waals surface area contributed by atoms with Gasteiger partial charge in [-0.1, -0.05) is 30.3 Å². The number of urea groups is 1. The number of carbonyl (C=O) groups is 1. The van der Waals surface area contributed by atoms with Crippen LogP contribution in [0.5, 0.6) is 5.75 Å². The Kier molecular flexibility index (Phi) is 4.96. The van der Waals surface area contributed by atoms with Crippen molar-refractivity contribution in [2.75, 3.05) is 7.11 Å². The molecule has 0 bridgehead atoms. The van der Waals surface area contributed by atoms with Crippen LogP contribution in [0.1, 0.15) is 23.5 Å². The zero-order valence-corrected chi connectivity index (χ0v) is 14.4. The van der Waals surface area contributed by atoms with Gasteiger partial charge in [0.25, 0.3) is 0 Å². The lowest BCUT2D eigenvalue weighted by Gasteiger charge is -2.17. The van der Waals surface area contributed by atoms with Gasteiger partial charge in [0, 0.05) is 5.56 Å².